The van der Waals surface area contributed by atoms with Crippen molar-refractivity contribution >= 4 is 0 Å². The van der Waals surface area contributed by atoms with E-state index in [2.05, 4.69) is 76.4 Å². The van der Waals surface area contributed by atoms with E-state index in [1.165, 1.54) is 18.4 Å². The van der Waals surface area contributed by atoms with Gasteiger partial charge in [0.05, 0.1) is 6.54 Å². The van der Waals surface area contributed by atoms with Crippen LogP contribution in [0.2, 0.25) is 0 Å². The van der Waals surface area contributed by atoms with Gasteiger partial charge in [0.25, 0.3) is 0 Å². The summed E-state index contributed by atoms with van der Waals surface area (Å²) in [5.74, 6) is 3.04. The molecule has 0 aliphatic carbocycles. The second-order valence-electron chi connectivity index (χ2n) is 8.29. The minimum atomic E-state index is 0.380. The van der Waals surface area contributed by atoms with Gasteiger partial charge in [0.15, 0.2) is 5.82 Å². The largest absolute Gasteiger partial charge is 0.245 e. The van der Waals surface area contributed by atoms with Crippen LogP contribution in [0.15, 0.2) is 48.5 Å². The van der Waals surface area contributed by atoms with Crippen LogP contribution in [0.5, 0.6) is 0 Å². The third-order valence-electron chi connectivity index (χ3n) is 5.93. The van der Waals surface area contributed by atoms with Crippen molar-refractivity contribution in [2.45, 2.75) is 65.3 Å². The van der Waals surface area contributed by atoms with Crippen molar-refractivity contribution in [3.63, 3.8) is 0 Å². The Kier molecular flexibility index (Phi) is 7.04. The molecule has 0 aliphatic heterocycles. The molecule has 166 valence electrons. The molecule has 2 heterocycles. The first-order chi connectivity index (χ1) is 15.7. The Balaban J connectivity index is 1.57. The maximum Gasteiger partial charge on any atom is 0.205 e. The van der Waals surface area contributed by atoms with Crippen molar-refractivity contribution in [3.8, 4) is 22.5 Å². The van der Waals surface area contributed by atoms with E-state index in [0.29, 0.717) is 11.7 Å². The quantitative estimate of drug-likeness (QED) is 0.340. The fourth-order valence-electron chi connectivity index (χ4n) is 3.80. The van der Waals surface area contributed by atoms with Gasteiger partial charge in [0.1, 0.15) is 5.82 Å². The average molecular weight is 430 g/mol. The Morgan fingerprint density at radius 1 is 0.969 bits per heavy atom. The number of aromatic amines is 1. The molecule has 0 radical (unpaired) electrons. The average Bonchev–Trinajstić information content (AvgIpc) is 3.50. The van der Waals surface area contributed by atoms with Gasteiger partial charge in [0, 0.05) is 17.9 Å². The number of hydrogen-bond donors (Lipinski definition) is 1. The summed E-state index contributed by atoms with van der Waals surface area (Å²) in [6.07, 6.45) is 5.61. The Morgan fingerprint density at radius 3 is 2.44 bits per heavy atom. The molecule has 0 spiro atoms. The van der Waals surface area contributed by atoms with Crippen molar-refractivity contribution in [1.82, 2.24) is 35.4 Å². The van der Waals surface area contributed by atoms with Gasteiger partial charge >= 0.3 is 0 Å². The van der Waals surface area contributed by atoms with Crippen LogP contribution in [-0.4, -0.2) is 35.4 Å². The molecular formula is C25H31N7. The second kappa shape index (κ2) is 10.3. The maximum atomic E-state index is 4.88. The van der Waals surface area contributed by atoms with E-state index in [0.717, 1.165) is 54.1 Å². The number of hydrogen-bond acceptors (Lipinski definition) is 5. The van der Waals surface area contributed by atoms with Gasteiger partial charge in [0.2, 0.25) is 5.82 Å². The zero-order valence-electron chi connectivity index (χ0n) is 19.1. The molecule has 2 aromatic heterocycles. The molecule has 2 aromatic carbocycles. The highest BCUT2D eigenvalue weighted by Gasteiger charge is 2.15. The third kappa shape index (κ3) is 4.93. The summed E-state index contributed by atoms with van der Waals surface area (Å²) >= 11 is 0. The molecule has 0 amide bonds. The number of rotatable bonds is 10. The third-order valence-corrected chi connectivity index (χ3v) is 5.93. The Labute approximate surface area is 189 Å². The molecule has 7 heteroatoms. The summed E-state index contributed by atoms with van der Waals surface area (Å²) in [7, 11) is 0. The zero-order valence-corrected chi connectivity index (χ0v) is 19.1. The number of aryl methyl sites for hydroxylation is 1. The van der Waals surface area contributed by atoms with Crippen LogP contribution in [0.3, 0.4) is 0 Å². The van der Waals surface area contributed by atoms with Crippen molar-refractivity contribution in [2.75, 3.05) is 0 Å². The summed E-state index contributed by atoms with van der Waals surface area (Å²) in [5.41, 5.74) is 4.38. The van der Waals surface area contributed by atoms with E-state index in [9.17, 15) is 0 Å². The van der Waals surface area contributed by atoms with Gasteiger partial charge < -0.3 is 0 Å². The molecule has 0 aliphatic rings. The molecule has 0 saturated carbocycles. The monoisotopic (exact) mass is 429 g/mol. The van der Waals surface area contributed by atoms with Crippen molar-refractivity contribution in [3.05, 3.63) is 65.7 Å². The van der Waals surface area contributed by atoms with Crippen LogP contribution in [0.1, 0.15) is 69.6 Å². The topological polar surface area (TPSA) is 85.2 Å². The molecule has 0 fully saturated rings. The Morgan fingerprint density at radius 2 is 1.75 bits per heavy atom. The first-order valence-corrected chi connectivity index (χ1v) is 11.5. The van der Waals surface area contributed by atoms with Crippen LogP contribution in [0.4, 0.5) is 0 Å². The number of aromatic nitrogens is 7. The van der Waals surface area contributed by atoms with Crippen LogP contribution in [-0.2, 0) is 13.0 Å². The summed E-state index contributed by atoms with van der Waals surface area (Å²) in [4.78, 5) is 4.88. The minimum absolute atomic E-state index is 0.380. The molecule has 0 bridgehead atoms. The highest BCUT2D eigenvalue weighted by molar-refractivity contribution is 5.80. The van der Waals surface area contributed by atoms with Gasteiger partial charge in [-0.15, -0.1) is 10.2 Å². The van der Waals surface area contributed by atoms with Crippen LogP contribution < -0.4 is 0 Å². The van der Waals surface area contributed by atoms with Gasteiger partial charge in [-0.1, -0.05) is 82.1 Å². The summed E-state index contributed by atoms with van der Waals surface area (Å²) in [6, 6.07) is 16.8. The van der Waals surface area contributed by atoms with Gasteiger partial charge in [-0.3, -0.25) is 0 Å². The molecule has 4 aromatic rings. The molecule has 1 unspecified atom stereocenters. The van der Waals surface area contributed by atoms with Crippen molar-refractivity contribution in [2.24, 2.45) is 0 Å². The van der Waals surface area contributed by atoms with Crippen LogP contribution in [0.25, 0.3) is 22.5 Å². The van der Waals surface area contributed by atoms with E-state index < -0.39 is 0 Å². The lowest BCUT2D eigenvalue weighted by atomic mass is 9.98. The smallest absolute Gasteiger partial charge is 0.205 e. The molecule has 7 nitrogen and oxygen atoms in total. The number of nitrogens with zero attached hydrogens (tertiary/aromatic N) is 6. The van der Waals surface area contributed by atoms with E-state index in [1.54, 1.807) is 0 Å². The first-order valence-electron chi connectivity index (χ1n) is 11.5. The standard InChI is InChI=1S/C25H31N7/c1-4-6-7-12-23-26-24(18(3)5-2)29-32(23)17-19-13-15-20(16-14-19)21-10-8-9-11-22(21)25-27-30-31-28-25/h8-11,13-16,18H,4-7,12,17H2,1-3H3,(H,27,28,30,31). The Hall–Kier alpha value is -3.35. The van der Waals surface area contributed by atoms with E-state index in [-0.39, 0.29) is 0 Å². The molecular weight excluding hydrogens is 398 g/mol. The SMILES string of the molecule is CCCCCc1nc(C(C)CC)nn1Cc1ccc(-c2ccccc2-c2nn[nH]n2)cc1. The number of unbranched alkanes of at least 4 members (excludes halogenated alkanes) is 2. The molecule has 32 heavy (non-hydrogen) atoms. The van der Waals surface area contributed by atoms with Crippen LogP contribution >= 0.6 is 0 Å². The number of tetrazole rings is 1. The normalized spacial score (nSPS) is 12.2. The highest BCUT2D eigenvalue weighted by Crippen LogP contribution is 2.30. The lowest BCUT2D eigenvalue weighted by Crippen LogP contribution is -2.07. The van der Waals surface area contributed by atoms with Crippen LogP contribution in [0, 0.1) is 0 Å². The number of benzene rings is 2. The first kappa shape index (κ1) is 21.9. The summed E-state index contributed by atoms with van der Waals surface area (Å²) in [6.45, 7) is 7.35. The Bertz CT molecular complexity index is 1110. The number of nitrogens with one attached hydrogen (secondary N) is 1. The highest BCUT2D eigenvalue weighted by atomic mass is 15.5. The van der Waals surface area contributed by atoms with Gasteiger partial charge in [-0.25, -0.2) is 9.67 Å². The van der Waals surface area contributed by atoms with Crippen molar-refractivity contribution < 1.29 is 0 Å². The van der Waals surface area contributed by atoms with Gasteiger partial charge in [-0.2, -0.15) is 10.3 Å². The lowest BCUT2D eigenvalue weighted by Gasteiger charge is -2.09. The second-order valence-corrected chi connectivity index (χ2v) is 8.29. The van der Waals surface area contributed by atoms with E-state index >= 15 is 0 Å². The molecule has 4 rings (SSSR count). The zero-order chi connectivity index (χ0) is 22.3. The summed E-state index contributed by atoms with van der Waals surface area (Å²) in [5, 5.41) is 19.4. The maximum absolute atomic E-state index is 4.88. The molecule has 1 N–H and O–H groups in total. The lowest BCUT2D eigenvalue weighted by molar-refractivity contribution is 0.596. The molecule has 1 atom stereocenters. The fraction of sp³-hybridized carbons (Fsp3) is 0.400. The minimum Gasteiger partial charge on any atom is -0.245 e. The fourth-order valence-corrected chi connectivity index (χ4v) is 3.80. The van der Waals surface area contributed by atoms with Crippen molar-refractivity contribution in [1.29, 1.82) is 0 Å². The van der Waals surface area contributed by atoms with E-state index in [1.807, 2.05) is 18.2 Å². The van der Waals surface area contributed by atoms with E-state index in [4.69, 9.17) is 10.1 Å². The predicted molar refractivity (Wildman–Crippen MR) is 126 cm³/mol. The summed E-state index contributed by atoms with van der Waals surface area (Å²) < 4.78 is 2.10. The molecule has 0 saturated heterocycles. The van der Waals surface area contributed by atoms with Gasteiger partial charge in [-0.05, 0) is 34.7 Å². The predicted octanol–water partition coefficient (Wildman–Crippen LogP) is 5.42. The number of H-pyrrole nitrogens is 1.